The molecule has 0 saturated heterocycles. The van der Waals surface area contributed by atoms with Crippen molar-refractivity contribution >= 4 is 44.3 Å². The molecule has 0 aliphatic heterocycles. The van der Waals surface area contributed by atoms with Gasteiger partial charge in [0, 0.05) is 25.2 Å². The van der Waals surface area contributed by atoms with E-state index in [2.05, 4.69) is 15.3 Å². The first-order valence-corrected chi connectivity index (χ1v) is 10.9. The largest absolute Gasteiger partial charge is 0.325 e. The van der Waals surface area contributed by atoms with Crippen LogP contribution in [-0.2, 0) is 14.8 Å². The maximum absolute atomic E-state index is 12.4. The lowest BCUT2D eigenvalue weighted by molar-refractivity contribution is -0.113. The zero-order chi connectivity index (χ0) is 20.3. The Balaban J connectivity index is 1.72. The van der Waals surface area contributed by atoms with E-state index < -0.39 is 10.0 Å². The number of nitrogens with zero attached hydrogens (tertiary/aromatic N) is 3. The number of aromatic nitrogens is 2. The molecule has 1 heterocycles. The lowest BCUT2D eigenvalue weighted by Gasteiger charge is -2.12. The van der Waals surface area contributed by atoms with Crippen LogP contribution in [0.2, 0.25) is 0 Å². The number of benzene rings is 2. The van der Waals surface area contributed by atoms with Crippen LogP contribution in [0.1, 0.15) is 5.82 Å². The summed E-state index contributed by atoms with van der Waals surface area (Å²) < 4.78 is 25.6. The van der Waals surface area contributed by atoms with Crippen LogP contribution in [-0.4, -0.2) is 48.4 Å². The minimum Gasteiger partial charge on any atom is -0.325 e. The van der Waals surface area contributed by atoms with Gasteiger partial charge in [-0.1, -0.05) is 36.0 Å². The Morgan fingerprint density at radius 1 is 1.11 bits per heavy atom. The van der Waals surface area contributed by atoms with E-state index in [0.717, 1.165) is 20.2 Å². The summed E-state index contributed by atoms with van der Waals surface area (Å²) in [5, 5.41) is 4.37. The van der Waals surface area contributed by atoms with Crippen molar-refractivity contribution in [1.29, 1.82) is 0 Å². The maximum atomic E-state index is 12.4. The van der Waals surface area contributed by atoms with Gasteiger partial charge in [-0.2, -0.15) is 0 Å². The average molecular weight is 417 g/mol. The number of sulfonamides is 1. The molecule has 7 nitrogen and oxygen atoms in total. The number of carbonyl (C=O) groups is 1. The molecule has 3 aromatic rings. The Hall–Kier alpha value is -2.49. The van der Waals surface area contributed by atoms with E-state index in [9.17, 15) is 13.2 Å². The number of thioether (sulfide) groups is 1. The van der Waals surface area contributed by atoms with Crippen molar-refractivity contribution < 1.29 is 13.2 Å². The van der Waals surface area contributed by atoms with Gasteiger partial charge < -0.3 is 5.32 Å². The van der Waals surface area contributed by atoms with E-state index in [1.807, 2.05) is 31.2 Å². The van der Waals surface area contributed by atoms with Gasteiger partial charge in [-0.25, -0.2) is 22.7 Å². The molecule has 3 rings (SSSR count). The number of fused-ring (bicyclic) bond motifs is 1. The van der Waals surface area contributed by atoms with Gasteiger partial charge in [0.25, 0.3) is 0 Å². The van der Waals surface area contributed by atoms with Crippen molar-refractivity contribution in [2.45, 2.75) is 16.8 Å². The third-order valence-electron chi connectivity index (χ3n) is 3.92. The van der Waals surface area contributed by atoms with Crippen LogP contribution < -0.4 is 5.32 Å². The summed E-state index contributed by atoms with van der Waals surface area (Å²) in [7, 11) is -0.633. The van der Waals surface area contributed by atoms with Crippen molar-refractivity contribution in [2.24, 2.45) is 0 Å². The molecule has 1 amide bonds. The molecule has 0 aliphatic rings. The molecule has 0 saturated carbocycles. The van der Waals surface area contributed by atoms with Crippen molar-refractivity contribution in [1.82, 2.24) is 14.3 Å². The summed E-state index contributed by atoms with van der Waals surface area (Å²) in [6.07, 6.45) is 0. The lowest BCUT2D eigenvalue weighted by atomic mass is 10.2. The third kappa shape index (κ3) is 4.49. The second-order valence-corrected chi connectivity index (χ2v) is 9.36. The fourth-order valence-corrected chi connectivity index (χ4v) is 4.36. The zero-order valence-corrected chi connectivity index (χ0v) is 17.3. The Morgan fingerprint density at radius 2 is 1.86 bits per heavy atom. The van der Waals surface area contributed by atoms with Gasteiger partial charge in [0.2, 0.25) is 15.9 Å². The Bertz CT molecular complexity index is 1130. The van der Waals surface area contributed by atoms with Crippen LogP contribution in [0.4, 0.5) is 5.69 Å². The quantitative estimate of drug-likeness (QED) is 0.491. The van der Waals surface area contributed by atoms with E-state index >= 15 is 0 Å². The molecule has 0 atom stereocenters. The molecule has 9 heteroatoms. The Labute approximate surface area is 168 Å². The topological polar surface area (TPSA) is 92.3 Å². The minimum atomic E-state index is -3.56. The number of rotatable bonds is 6. The van der Waals surface area contributed by atoms with Gasteiger partial charge in [0.05, 0.1) is 16.2 Å². The summed E-state index contributed by atoms with van der Waals surface area (Å²) in [5.74, 6) is 0.540. The first-order valence-electron chi connectivity index (χ1n) is 8.46. The highest BCUT2D eigenvalue weighted by Crippen LogP contribution is 2.25. The van der Waals surface area contributed by atoms with E-state index in [1.165, 1.54) is 38.0 Å². The summed E-state index contributed by atoms with van der Waals surface area (Å²) in [4.78, 5) is 21.3. The minimum absolute atomic E-state index is 0.125. The molecule has 1 aromatic heterocycles. The molecule has 0 bridgehead atoms. The number of nitrogens with one attached hydrogen (secondary N) is 1. The first kappa shape index (κ1) is 20.2. The molecular weight excluding hydrogens is 396 g/mol. The highest BCUT2D eigenvalue weighted by Gasteiger charge is 2.17. The number of aryl methyl sites for hydroxylation is 1. The van der Waals surface area contributed by atoms with E-state index in [4.69, 9.17) is 0 Å². The predicted molar refractivity (Wildman–Crippen MR) is 111 cm³/mol. The second kappa shape index (κ2) is 8.26. The third-order valence-corrected chi connectivity index (χ3v) is 6.72. The Kier molecular flexibility index (Phi) is 5.97. The van der Waals surface area contributed by atoms with Crippen LogP contribution in [0.5, 0.6) is 0 Å². The van der Waals surface area contributed by atoms with Crippen molar-refractivity contribution in [3.63, 3.8) is 0 Å². The molecule has 0 unspecified atom stereocenters. The molecule has 0 fully saturated rings. The van der Waals surface area contributed by atoms with Crippen LogP contribution in [0.3, 0.4) is 0 Å². The van der Waals surface area contributed by atoms with E-state index in [-0.39, 0.29) is 16.6 Å². The number of para-hydroxylation sites is 1. The van der Waals surface area contributed by atoms with Crippen LogP contribution >= 0.6 is 11.8 Å². The number of hydrogen-bond donors (Lipinski definition) is 1. The number of anilines is 1. The van der Waals surface area contributed by atoms with Gasteiger partial charge in [-0.15, -0.1) is 0 Å². The fourth-order valence-electron chi connectivity index (χ4n) is 2.54. The molecule has 28 heavy (non-hydrogen) atoms. The first-order chi connectivity index (χ1) is 13.3. The highest BCUT2D eigenvalue weighted by atomic mass is 32.2. The molecule has 0 aliphatic carbocycles. The van der Waals surface area contributed by atoms with Crippen LogP contribution in [0.15, 0.2) is 58.5 Å². The van der Waals surface area contributed by atoms with Crippen LogP contribution in [0, 0.1) is 6.92 Å². The summed E-state index contributed by atoms with van der Waals surface area (Å²) >= 11 is 1.32. The fraction of sp³-hybridized carbons (Fsp3) is 0.211. The van der Waals surface area contributed by atoms with Gasteiger partial charge in [-0.05, 0) is 31.2 Å². The zero-order valence-electron chi connectivity index (χ0n) is 15.7. The summed E-state index contributed by atoms with van der Waals surface area (Å²) in [6.45, 7) is 1.81. The molecule has 0 spiro atoms. The Morgan fingerprint density at radius 3 is 2.61 bits per heavy atom. The molecule has 2 aromatic carbocycles. The van der Waals surface area contributed by atoms with Crippen molar-refractivity contribution in [3.8, 4) is 0 Å². The van der Waals surface area contributed by atoms with E-state index in [1.54, 1.807) is 12.1 Å². The predicted octanol–water partition coefficient (Wildman–Crippen LogP) is 2.92. The normalized spacial score (nSPS) is 11.7. The number of hydrogen-bond acceptors (Lipinski definition) is 6. The smallest absolute Gasteiger partial charge is 0.242 e. The standard InChI is InChI=1S/C19H20N4O3S2/c1-13-20-17-10-5-4-9-16(17)19(21-13)27-12-18(24)22-14-7-6-8-15(11-14)28(25,26)23(2)3/h4-11H,12H2,1-3H3,(H,22,24). The highest BCUT2D eigenvalue weighted by molar-refractivity contribution is 8.00. The van der Waals surface area contributed by atoms with Crippen molar-refractivity contribution in [2.75, 3.05) is 25.2 Å². The molecule has 146 valence electrons. The van der Waals surface area contributed by atoms with Crippen LogP contribution in [0.25, 0.3) is 10.9 Å². The number of carbonyl (C=O) groups excluding carboxylic acids is 1. The van der Waals surface area contributed by atoms with Gasteiger partial charge in [0.15, 0.2) is 0 Å². The monoisotopic (exact) mass is 416 g/mol. The molecular formula is C19H20N4O3S2. The number of amides is 1. The molecule has 0 radical (unpaired) electrons. The van der Waals surface area contributed by atoms with Gasteiger partial charge >= 0.3 is 0 Å². The summed E-state index contributed by atoms with van der Waals surface area (Å²) in [6, 6.07) is 13.8. The van der Waals surface area contributed by atoms with Crippen molar-refractivity contribution in [3.05, 3.63) is 54.4 Å². The lowest BCUT2D eigenvalue weighted by Crippen LogP contribution is -2.22. The second-order valence-electron chi connectivity index (χ2n) is 6.25. The average Bonchev–Trinajstić information content (AvgIpc) is 2.66. The molecule has 1 N–H and O–H groups in total. The van der Waals surface area contributed by atoms with Gasteiger partial charge in [-0.3, -0.25) is 4.79 Å². The summed E-state index contributed by atoms with van der Waals surface area (Å²) in [5.41, 5.74) is 1.26. The SMILES string of the molecule is Cc1nc(SCC(=O)Nc2cccc(S(=O)(=O)N(C)C)c2)c2ccccc2n1. The van der Waals surface area contributed by atoms with E-state index in [0.29, 0.717) is 11.5 Å². The maximum Gasteiger partial charge on any atom is 0.242 e. The van der Waals surface area contributed by atoms with Gasteiger partial charge in [0.1, 0.15) is 10.9 Å².